The number of hydrogen-bond acceptors (Lipinski definition) is 2. The molecule has 0 aliphatic rings. The third kappa shape index (κ3) is 5.92. The molecule has 0 saturated carbocycles. The molecular weight excluding hydrogens is 102 g/mol. The van der Waals surface area contributed by atoms with Crippen LogP contribution in [0.5, 0.6) is 0 Å². The van der Waals surface area contributed by atoms with E-state index in [9.17, 15) is 0 Å². The lowest BCUT2D eigenvalue weighted by atomic mass is 10.2. The number of nitrogens with zero attached hydrogens (tertiary/aromatic N) is 1. The monoisotopic (exact) mass is 116 g/mol. The minimum Gasteiger partial charge on any atom is -0.314 e. The van der Waals surface area contributed by atoms with Crippen LogP contribution in [0, 0.1) is 6.92 Å². The van der Waals surface area contributed by atoms with E-state index in [4.69, 9.17) is 5.21 Å². The van der Waals surface area contributed by atoms with Gasteiger partial charge in [0.2, 0.25) is 0 Å². The molecule has 0 aliphatic carbocycles. The fraction of sp³-hybridized carbons (Fsp3) is 0.833. The highest BCUT2D eigenvalue weighted by atomic mass is 16.5. The second-order valence-corrected chi connectivity index (χ2v) is 1.94. The van der Waals surface area contributed by atoms with Gasteiger partial charge in [-0.25, -0.2) is 0 Å². The summed E-state index contributed by atoms with van der Waals surface area (Å²) in [5, 5.41) is 9.80. The van der Waals surface area contributed by atoms with E-state index in [-0.39, 0.29) is 0 Å². The lowest BCUT2D eigenvalue weighted by Gasteiger charge is -2.04. The van der Waals surface area contributed by atoms with E-state index < -0.39 is 0 Å². The lowest BCUT2D eigenvalue weighted by Crippen LogP contribution is -2.13. The average Bonchev–Trinajstić information content (AvgIpc) is 1.66. The van der Waals surface area contributed by atoms with Gasteiger partial charge in [0.05, 0.1) is 0 Å². The molecule has 1 N–H and O–H groups in total. The molecule has 2 heteroatoms. The van der Waals surface area contributed by atoms with Gasteiger partial charge in [-0.05, 0) is 6.42 Å². The van der Waals surface area contributed by atoms with Crippen LogP contribution < -0.4 is 0 Å². The van der Waals surface area contributed by atoms with Crippen molar-refractivity contribution in [2.24, 2.45) is 0 Å². The predicted molar refractivity (Wildman–Crippen MR) is 33.6 cm³/mol. The van der Waals surface area contributed by atoms with Crippen molar-refractivity contribution in [3.63, 3.8) is 0 Å². The molecule has 1 radical (unpaired) electrons. The van der Waals surface area contributed by atoms with Gasteiger partial charge in [-0.2, -0.15) is 5.06 Å². The van der Waals surface area contributed by atoms with Gasteiger partial charge in [-0.15, -0.1) is 0 Å². The van der Waals surface area contributed by atoms with Crippen LogP contribution in [-0.2, 0) is 0 Å². The largest absolute Gasteiger partial charge is 0.314 e. The van der Waals surface area contributed by atoms with Gasteiger partial charge in [0, 0.05) is 13.6 Å². The van der Waals surface area contributed by atoms with Gasteiger partial charge in [0.1, 0.15) is 0 Å². The molecule has 0 amide bonds. The van der Waals surface area contributed by atoms with Crippen LogP contribution in [0.2, 0.25) is 0 Å². The first-order valence-corrected chi connectivity index (χ1v) is 2.96. The first kappa shape index (κ1) is 7.92. The predicted octanol–water partition coefficient (Wildman–Crippen LogP) is 1.31. The Hall–Kier alpha value is -0.0800. The molecule has 0 heterocycles. The van der Waals surface area contributed by atoms with Crippen LogP contribution in [-0.4, -0.2) is 23.9 Å². The van der Waals surface area contributed by atoms with E-state index in [1.165, 1.54) is 5.06 Å². The summed E-state index contributed by atoms with van der Waals surface area (Å²) in [4.78, 5) is 0. The fourth-order valence-corrected chi connectivity index (χ4v) is 0.517. The Morgan fingerprint density at radius 3 is 2.50 bits per heavy atom. The lowest BCUT2D eigenvalue weighted by molar-refractivity contribution is -0.0654. The molecule has 0 atom stereocenters. The van der Waals surface area contributed by atoms with Gasteiger partial charge in [0.25, 0.3) is 0 Å². The van der Waals surface area contributed by atoms with Crippen molar-refractivity contribution in [3.8, 4) is 0 Å². The Morgan fingerprint density at radius 1 is 1.50 bits per heavy atom. The van der Waals surface area contributed by atoms with Crippen molar-refractivity contribution in [1.29, 1.82) is 0 Å². The van der Waals surface area contributed by atoms with E-state index in [2.05, 4.69) is 6.92 Å². The molecule has 8 heavy (non-hydrogen) atoms. The van der Waals surface area contributed by atoms with E-state index in [0.29, 0.717) is 0 Å². The van der Waals surface area contributed by atoms with E-state index in [1.54, 1.807) is 7.05 Å². The summed E-state index contributed by atoms with van der Waals surface area (Å²) in [6.45, 7) is 4.44. The van der Waals surface area contributed by atoms with Gasteiger partial charge >= 0.3 is 0 Å². The standard InChI is InChI=1S/C6H14NO/c1-3-4-5-6-7(2)8/h8H,1,3-6H2,2H3. The molecule has 0 aromatic carbocycles. The third-order valence-electron chi connectivity index (χ3n) is 0.982. The Balaban J connectivity index is 2.72. The van der Waals surface area contributed by atoms with Crippen molar-refractivity contribution < 1.29 is 5.21 Å². The second-order valence-electron chi connectivity index (χ2n) is 1.94. The summed E-state index contributed by atoms with van der Waals surface area (Å²) in [5.41, 5.74) is 0. The molecule has 0 aromatic rings. The van der Waals surface area contributed by atoms with Crippen LogP contribution in [0.3, 0.4) is 0 Å². The average molecular weight is 116 g/mol. The zero-order valence-electron chi connectivity index (χ0n) is 5.43. The van der Waals surface area contributed by atoms with Crippen LogP contribution in [0.4, 0.5) is 0 Å². The number of hydrogen-bond donors (Lipinski definition) is 1. The summed E-state index contributed by atoms with van der Waals surface area (Å²) in [5.74, 6) is 0. The zero-order chi connectivity index (χ0) is 6.41. The fourth-order valence-electron chi connectivity index (χ4n) is 0.517. The van der Waals surface area contributed by atoms with Crippen LogP contribution in [0.15, 0.2) is 0 Å². The third-order valence-corrected chi connectivity index (χ3v) is 0.982. The normalized spacial score (nSPS) is 10.5. The van der Waals surface area contributed by atoms with Crippen LogP contribution in [0.25, 0.3) is 0 Å². The SMILES string of the molecule is [CH2]CCCCN(C)O. The summed E-state index contributed by atoms with van der Waals surface area (Å²) >= 11 is 0. The minimum absolute atomic E-state index is 0.759. The maximum absolute atomic E-state index is 8.59. The zero-order valence-corrected chi connectivity index (χ0v) is 5.43. The number of rotatable bonds is 4. The first-order valence-electron chi connectivity index (χ1n) is 2.96. The maximum atomic E-state index is 8.59. The Kier molecular flexibility index (Phi) is 5.01. The molecular formula is C6H14NO. The Morgan fingerprint density at radius 2 is 2.12 bits per heavy atom. The maximum Gasteiger partial charge on any atom is 0.0235 e. The summed E-state index contributed by atoms with van der Waals surface area (Å²) in [6.07, 6.45) is 3.11. The van der Waals surface area contributed by atoms with E-state index in [0.717, 1.165) is 25.8 Å². The molecule has 49 valence electrons. The van der Waals surface area contributed by atoms with E-state index in [1.807, 2.05) is 0 Å². The molecule has 0 fully saturated rings. The smallest absolute Gasteiger partial charge is 0.0235 e. The van der Waals surface area contributed by atoms with Gasteiger partial charge in [-0.3, -0.25) is 0 Å². The minimum atomic E-state index is 0.759. The van der Waals surface area contributed by atoms with Crippen LogP contribution in [0.1, 0.15) is 19.3 Å². The number of hydroxylamine groups is 2. The van der Waals surface area contributed by atoms with Crippen molar-refractivity contribution in [2.75, 3.05) is 13.6 Å². The highest BCUT2D eigenvalue weighted by molar-refractivity contribution is 4.43. The molecule has 0 saturated heterocycles. The molecule has 0 rings (SSSR count). The summed E-state index contributed by atoms with van der Waals surface area (Å²) < 4.78 is 0. The van der Waals surface area contributed by atoms with Crippen molar-refractivity contribution in [2.45, 2.75) is 19.3 Å². The molecule has 0 spiro atoms. The van der Waals surface area contributed by atoms with Gasteiger partial charge in [-0.1, -0.05) is 19.8 Å². The van der Waals surface area contributed by atoms with Crippen molar-refractivity contribution >= 4 is 0 Å². The van der Waals surface area contributed by atoms with Gasteiger partial charge in [0.15, 0.2) is 0 Å². The second kappa shape index (κ2) is 5.06. The molecule has 2 nitrogen and oxygen atoms in total. The van der Waals surface area contributed by atoms with Crippen LogP contribution >= 0.6 is 0 Å². The quantitative estimate of drug-likeness (QED) is 0.442. The van der Waals surface area contributed by atoms with Gasteiger partial charge < -0.3 is 5.21 Å². The first-order chi connectivity index (χ1) is 3.77. The molecule has 0 aromatic heterocycles. The number of unbranched alkanes of at least 4 members (excludes halogenated alkanes) is 2. The summed E-state index contributed by atoms with van der Waals surface area (Å²) in [6, 6.07) is 0. The summed E-state index contributed by atoms with van der Waals surface area (Å²) in [7, 11) is 1.66. The highest BCUT2D eigenvalue weighted by Gasteiger charge is 1.88. The van der Waals surface area contributed by atoms with E-state index >= 15 is 0 Å². The topological polar surface area (TPSA) is 23.5 Å². The Labute approximate surface area is 51.1 Å². The molecule has 0 aliphatic heterocycles. The Bertz CT molecular complexity index is 45.8. The molecule has 0 unspecified atom stereocenters. The highest BCUT2D eigenvalue weighted by Crippen LogP contribution is 1.92. The van der Waals surface area contributed by atoms with Crippen molar-refractivity contribution in [1.82, 2.24) is 5.06 Å². The molecule has 0 bridgehead atoms. The van der Waals surface area contributed by atoms with Crippen molar-refractivity contribution in [3.05, 3.63) is 6.92 Å².